The Morgan fingerprint density at radius 2 is 2.06 bits per heavy atom. The number of nitrogens with zero attached hydrogens (tertiary/aromatic N) is 1. The fourth-order valence-corrected chi connectivity index (χ4v) is 3.06. The summed E-state index contributed by atoms with van der Waals surface area (Å²) in [5, 5.41) is 3.68. The molecule has 2 rings (SSSR count). The van der Waals surface area contributed by atoms with E-state index in [0.717, 1.165) is 32.5 Å². The molecule has 0 atom stereocenters. The molecule has 0 spiro atoms. The second-order valence-electron chi connectivity index (χ2n) is 5.05. The fraction of sp³-hybridized carbons (Fsp3) is 0.917. The quantitative estimate of drug-likeness (QED) is 0.810. The Kier molecular flexibility index (Phi) is 3.80. The van der Waals surface area contributed by atoms with Gasteiger partial charge in [-0.1, -0.05) is 0 Å². The van der Waals surface area contributed by atoms with Gasteiger partial charge in [-0.25, -0.2) is 0 Å². The van der Waals surface area contributed by atoms with Crippen LogP contribution in [0.5, 0.6) is 0 Å². The molecule has 1 amide bonds. The molecule has 2 aliphatic rings. The molecule has 92 valence electrons. The average Bonchev–Trinajstić information content (AvgIpc) is 3.08. The highest BCUT2D eigenvalue weighted by molar-refractivity contribution is 8.00. The minimum absolute atomic E-state index is 0.223. The van der Waals surface area contributed by atoms with Gasteiger partial charge in [0, 0.05) is 37.3 Å². The van der Waals surface area contributed by atoms with Crippen LogP contribution in [0.3, 0.4) is 0 Å². The first kappa shape index (κ1) is 12.2. The first-order chi connectivity index (χ1) is 7.65. The lowest BCUT2D eigenvalue weighted by Gasteiger charge is -2.32. The number of amides is 1. The highest BCUT2D eigenvalue weighted by Crippen LogP contribution is 2.46. The zero-order valence-electron chi connectivity index (χ0n) is 10.3. The van der Waals surface area contributed by atoms with Crippen molar-refractivity contribution in [3.8, 4) is 0 Å². The molecule has 2 fully saturated rings. The van der Waals surface area contributed by atoms with Gasteiger partial charge < -0.3 is 10.2 Å². The predicted molar refractivity (Wildman–Crippen MR) is 68.8 cm³/mol. The average molecular weight is 242 g/mol. The topological polar surface area (TPSA) is 32.3 Å². The fourth-order valence-electron chi connectivity index (χ4n) is 2.32. The maximum Gasteiger partial charge on any atom is 0.219 e. The smallest absolute Gasteiger partial charge is 0.219 e. The van der Waals surface area contributed by atoms with Crippen LogP contribution in [0.15, 0.2) is 0 Å². The number of thioether (sulfide) groups is 1. The third-order valence-corrected chi connectivity index (χ3v) is 5.31. The van der Waals surface area contributed by atoms with E-state index in [4.69, 9.17) is 0 Å². The number of carbonyl (C=O) groups excluding carboxylic acids is 1. The number of likely N-dealkylation sites (tertiary alicyclic amines) is 1. The summed E-state index contributed by atoms with van der Waals surface area (Å²) in [6.45, 7) is 4.68. The number of nitrogens with one attached hydrogen (secondary N) is 1. The highest BCUT2D eigenvalue weighted by Gasteiger charge is 2.41. The summed E-state index contributed by atoms with van der Waals surface area (Å²) in [6.07, 6.45) is 7.18. The zero-order chi connectivity index (χ0) is 11.6. The Bertz CT molecular complexity index is 258. The van der Waals surface area contributed by atoms with Crippen LogP contribution in [-0.4, -0.2) is 47.5 Å². The maximum atomic E-state index is 11.2. The largest absolute Gasteiger partial charge is 0.343 e. The molecule has 3 nitrogen and oxygen atoms in total. The van der Waals surface area contributed by atoms with Gasteiger partial charge in [-0.3, -0.25) is 4.79 Å². The Morgan fingerprint density at radius 3 is 2.50 bits per heavy atom. The molecule has 16 heavy (non-hydrogen) atoms. The molecular weight excluding hydrogens is 220 g/mol. The second kappa shape index (κ2) is 4.96. The summed E-state index contributed by atoms with van der Waals surface area (Å²) in [7, 11) is 0. The summed E-state index contributed by atoms with van der Waals surface area (Å²) in [5.74, 6) is 0.223. The summed E-state index contributed by atoms with van der Waals surface area (Å²) in [5.41, 5.74) is 0. The van der Waals surface area contributed by atoms with Crippen molar-refractivity contribution in [1.29, 1.82) is 0 Å². The maximum absolute atomic E-state index is 11.2. The van der Waals surface area contributed by atoms with Crippen LogP contribution in [0.4, 0.5) is 0 Å². The third-order valence-electron chi connectivity index (χ3n) is 3.89. The molecule has 0 radical (unpaired) electrons. The number of rotatable bonds is 4. The van der Waals surface area contributed by atoms with E-state index < -0.39 is 0 Å². The Morgan fingerprint density at radius 1 is 1.44 bits per heavy atom. The zero-order valence-corrected chi connectivity index (χ0v) is 11.1. The number of hydrogen-bond acceptors (Lipinski definition) is 3. The predicted octanol–water partition coefficient (Wildman–Crippen LogP) is 1.48. The van der Waals surface area contributed by atoms with Crippen LogP contribution in [-0.2, 0) is 4.79 Å². The summed E-state index contributed by atoms with van der Waals surface area (Å²) < 4.78 is 0.553. The lowest BCUT2D eigenvalue weighted by Crippen LogP contribution is -2.45. The lowest BCUT2D eigenvalue weighted by atomic mass is 10.0. The van der Waals surface area contributed by atoms with E-state index in [1.165, 1.54) is 12.8 Å². The van der Waals surface area contributed by atoms with Gasteiger partial charge in [0.15, 0.2) is 0 Å². The summed E-state index contributed by atoms with van der Waals surface area (Å²) in [6, 6.07) is 0.625. The van der Waals surface area contributed by atoms with Crippen LogP contribution in [0.25, 0.3) is 0 Å². The molecule has 1 heterocycles. The van der Waals surface area contributed by atoms with Crippen molar-refractivity contribution in [1.82, 2.24) is 10.2 Å². The van der Waals surface area contributed by atoms with Crippen LogP contribution in [0.2, 0.25) is 0 Å². The molecule has 0 bridgehead atoms. The monoisotopic (exact) mass is 242 g/mol. The highest BCUT2D eigenvalue weighted by atomic mass is 32.2. The minimum atomic E-state index is 0.223. The van der Waals surface area contributed by atoms with Crippen molar-refractivity contribution in [3.63, 3.8) is 0 Å². The van der Waals surface area contributed by atoms with Gasteiger partial charge in [-0.05, 0) is 31.9 Å². The van der Waals surface area contributed by atoms with Gasteiger partial charge in [0.2, 0.25) is 5.91 Å². The van der Waals surface area contributed by atoms with Crippen molar-refractivity contribution in [2.45, 2.75) is 43.4 Å². The molecule has 1 saturated carbocycles. The Balaban J connectivity index is 1.67. The van der Waals surface area contributed by atoms with Gasteiger partial charge >= 0.3 is 0 Å². The first-order valence-electron chi connectivity index (χ1n) is 6.19. The number of piperidine rings is 1. The minimum Gasteiger partial charge on any atom is -0.343 e. The molecule has 0 unspecified atom stereocenters. The summed E-state index contributed by atoms with van der Waals surface area (Å²) in [4.78, 5) is 13.1. The molecule has 0 aromatic rings. The standard InChI is InChI=1S/C12H22N2OS/c1-10(15)14-7-3-11(4-8-14)13-9-12(16-2)5-6-12/h11,13H,3-9H2,1-2H3. The third kappa shape index (κ3) is 2.92. The van der Waals surface area contributed by atoms with E-state index in [1.807, 2.05) is 16.7 Å². The van der Waals surface area contributed by atoms with E-state index in [1.54, 1.807) is 6.92 Å². The Hall–Kier alpha value is -0.220. The number of carbonyl (C=O) groups is 1. The van der Waals surface area contributed by atoms with Crippen LogP contribution in [0.1, 0.15) is 32.6 Å². The van der Waals surface area contributed by atoms with Gasteiger partial charge in [0.05, 0.1) is 0 Å². The molecule has 1 aliphatic carbocycles. The van der Waals surface area contributed by atoms with E-state index >= 15 is 0 Å². The van der Waals surface area contributed by atoms with E-state index in [2.05, 4.69) is 11.6 Å². The van der Waals surface area contributed by atoms with Gasteiger partial charge in [0.25, 0.3) is 0 Å². The van der Waals surface area contributed by atoms with E-state index in [9.17, 15) is 4.79 Å². The van der Waals surface area contributed by atoms with E-state index in [0.29, 0.717) is 10.8 Å². The second-order valence-corrected chi connectivity index (χ2v) is 6.32. The lowest BCUT2D eigenvalue weighted by molar-refractivity contribution is -0.129. The van der Waals surface area contributed by atoms with Crippen molar-refractivity contribution >= 4 is 17.7 Å². The van der Waals surface area contributed by atoms with Crippen LogP contribution < -0.4 is 5.32 Å². The molecule has 1 aliphatic heterocycles. The van der Waals surface area contributed by atoms with E-state index in [-0.39, 0.29) is 5.91 Å². The molecular formula is C12H22N2OS. The van der Waals surface area contributed by atoms with Crippen LogP contribution >= 0.6 is 11.8 Å². The van der Waals surface area contributed by atoms with Gasteiger partial charge in [-0.2, -0.15) is 11.8 Å². The molecule has 4 heteroatoms. The molecule has 0 aromatic carbocycles. The normalized spacial score (nSPS) is 24.5. The molecule has 1 N–H and O–H groups in total. The molecule has 1 saturated heterocycles. The van der Waals surface area contributed by atoms with Crippen molar-refractivity contribution < 1.29 is 4.79 Å². The van der Waals surface area contributed by atoms with Crippen LogP contribution in [0, 0.1) is 0 Å². The Labute approximate surface area is 102 Å². The van der Waals surface area contributed by atoms with Gasteiger partial charge in [0.1, 0.15) is 0 Å². The van der Waals surface area contributed by atoms with Crippen molar-refractivity contribution in [2.24, 2.45) is 0 Å². The van der Waals surface area contributed by atoms with Crippen molar-refractivity contribution in [2.75, 3.05) is 25.9 Å². The summed E-state index contributed by atoms with van der Waals surface area (Å²) >= 11 is 2.01. The first-order valence-corrected chi connectivity index (χ1v) is 7.42. The van der Waals surface area contributed by atoms with Gasteiger partial charge in [-0.15, -0.1) is 0 Å². The SMILES string of the molecule is CSC1(CNC2CCN(C(C)=O)CC2)CC1. The number of hydrogen-bond donors (Lipinski definition) is 1. The van der Waals surface area contributed by atoms with Crippen molar-refractivity contribution in [3.05, 3.63) is 0 Å². The molecule has 0 aromatic heterocycles.